The van der Waals surface area contributed by atoms with Crippen molar-refractivity contribution in [2.24, 2.45) is 11.8 Å². The van der Waals surface area contributed by atoms with Crippen LogP contribution in [-0.4, -0.2) is 18.6 Å². The number of alkyl halides is 1. The van der Waals surface area contributed by atoms with Crippen molar-refractivity contribution in [2.45, 2.75) is 39.5 Å². The molecule has 2 atom stereocenters. The molecule has 0 spiro atoms. The maximum Gasteiger partial charge on any atom is 0.161 e. The molecule has 0 radical (unpaired) electrons. The number of hydrogen-bond donors (Lipinski definition) is 0. The maximum atomic E-state index is 6.22. The number of halogens is 1. The van der Waals surface area contributed by atoms with E-state index in [1.165, 1.54) is 0 Å². The third-order valence-electron chi connectivity index (χ3n) is 3.30. The Labute approximate surface area is 122 Å². The summed E-state index contributed by atoms with van der Waals surface area (Å²) >= 11 is 6.22. The minimum atomic E-state index is 0.172. The molecule has 2 unspecified atom stereocenters. The van der Waals surface area contributed by atoms with Crippen LogP contribution >= 0.6 is 11.6 Å². The largest absolute Gasteiger partial charge is 0.490 e. The average molecular weight is 285 g/mol. The predicted molar refractivity (Wildman–Crippen MR) is 81.4 cm³/mol. The molecular formula is C16H25ClO2. The first-order valence-electron chi connectivity index (χ1n) is 7.05. The van der Waals surface area contributed by atoms with Crippen LogP contribution < -0.4 is 9.47 Å². The van der Waals surface area contributed by atoms with Gasteiger partial charge in [0, 0.05) is 5.38 Å². The molecule has 19 heavy (non-hydrogen) atoms. The van der Waals surface area contributed by atoms with Gasteiger partial charge in [-0.1, -0.05) is 26.0 Å². The normalized spacial score (nSPS) is 14.2. The summed E-state index contributed by atoms with van der Waals surface area (Å²) in [5, 5.41) is 0.172. The van der Waals surface area contributed by atoms with E-state index in [9.17, 15) is 0 Å². The molecule has 0 N–H and O–H groups in total. The lowest BCUT2D eigenvalue weighted by Crippen LogP contribution is -2.20. The van der Waals surface area contributed by atoms with Crippen LogP contribution in [0, 0.1) is 11.8 Å². The zero-order chi connectivity index (χ0) is 14.3. The smallest absolute Gasteiger partial charge is 0.161 e. The Morgan fingerprint density at radius 2 is 1.63 bits per heavy atom. The van der Waals surface area contributed by atoms with E-state index in [0.717, 1.165) is 17.9 Å². The van der Waals surface area contributed by atoms with Gasteiger partial charge in [-0.25, -0.2) is 0 Å². The summed E-state index contributed by atoms with van der Waals surface area (Å²) in [5.41, 5.74) is 0. The highest BCUT2D eigenvalue weighted by Crippen LogP contribution is 2.28. The lowest BCUT2D eigenvalue weighted by molar-refractivity contribution is 0.233. The fraction of sp³-hybridized carbons (Fsp3) is 0.625. The van der Waals surface area contributed by atoms with Crippen LogP contribution in [-0.2, 0) is 0 Å². The van der Waals surface area contributed by atoms with Crippen molar-refractivity contribution in [2.75, 3.05) is 13.2 Å². The molecule has 0 bridgehead atoms. The molecule has 2 nitrogen and oxygen atoms in total. The van der Waals surface area contributed by atoms with Crippen LogP contribution in [0.3, 0.4) is 0 Å². The summed E-state index contributed by atoms with van der Waals surface area (Å²) in [6.45, 7) is 9.76. The number of ether oxygens (including phenoxy) is 2. The summed E-state index contributed by atoms with van der Waals surface area (Å²) < 4.78 is 11.4. The number of benzene rings is 1. The zero-order valence-electron chi connectivity index (χ0n) is 12.4. The Hall–Kier alpha value is -0.890. The summed E-state index contributed by atoms with van der Waals surface area (Å²) in [6, 6.07) is 7.79. The average Bonchev–Trinajstić information content (AvgIpc) is 2.35. The van der Waals surface area contributed by atoms with Gasteiger partial charge in [-0.2, -0.15) is 0 Å². The summed E-state index contributed by atoms with van der Waals surface area (Å²) in [7, 11) is 0. The summed E-state index contributed by atoms with van der Waals surface area (Å²) in [4.78, 5) is 0. The first-order valence-corrected chi connectivity index (χ1v) is 7.48. The predicted octanol–water partition coefficient (Wildman–Crippen LogP) is 4.75. The molecule has 1 rings (SSSR count). The Kier molecular flexibility index (Phi) is 7.07. The van der Waals surface area contributed by atoms with Crippen molar-refractivity contribution in [3.63, 3.8) is 0 Å². The van der Waals surface area contributed by atoms with Gasteiger partial charge >= 0.3 is 0 Å². The minimum absolute atomic E-state index is 0.172. The van der Waals surface area contributed by atoms with Crippen LogP contribution in [0.2, 0.25) is 0 Å². The van der Waals surface area contributed by atoms with E-state index >= 15 is 0 Å². The van der Waals surface area contributed by atoms with Gasteiger partial charge in [0.05, 0.1) is 13.2 Å². The molecular weight excluding hydrogens is 260 g/mol. The van der Waals surface area contributed by atoms with E-state index in [1.807, 2.05) is 31.2 Å². The molecule has 3 heteroatoms. The van der Waals surface area contributed by atoms with Crippen LogP contribution in [0.15, 0.2) is 24.3 Å². The lowest BCUT2D eigenvalue weighted by atomic mass is 9.90. The second-order valence-corrected chi connectivity index (χ2v) is 5.79. The topological polar surface area (TPSA) is 18.5 Å². The van der Waals surface area contributed by atoms with Gasteiger partial charge < -0.3 is 9.47 Å². The molecule has 108 valence electrons. The first kappa shape index (κ1) is 16.2. The van der Waals surface area contributed by atoms with Crippen molar-refractivity contribution in [3.8, 4) is 11.5 Å². The summed E-state index contributed by atoms with van der Waals surface area (Å²) in [6.07, 6.45) is 0.961. The zero-order valence-corrected chi connectivity index (χ0v) is 13.1. The quantitative estimate of drug-likeness (QED) is 0.641. The van der Waals surface area contributed by atoms with Gasteiger partial charge in [0.15, 0.2) is 11.5 Å². The maximum absolute atomic E-state index is 6.22. The highest BCUT2D eigenvalue weighted by atomic mass is 35.5. The van der Waals surface area contributed by atoms with Crippen molar-refractivity contribution in [1.82, 2.24) is 0 Å². The van der Waals surface area contributed by atoms with Gasteiger partial charge in [-0.3, -0.25) is 0 Å². The molecule has 0 aliphatic rings. The van der Waals surface area contributed by atoms with E-state index < -0.39 is 0 Å². The van der Waals surface area contributed by atoms with Gasteiger partial charge in [0.1, 0.15) is 0 Å². The molecule has 0 aromatic heterocycles. The first-order chi connectivity index (χ1) is 9.06. The van der Waals surface area contributed by atoms with Crippen LogP contribution in [0.4, 0.5) is 0 Å². The van der Waals surface area contributed by atoms with E-state index in [1.54, 1.807) is 0 Å². The van der Waals surface area contributed by atoms with E-state index in [-0.39, 0.29) is 5.38 Å². The Morgan fingerprint density at radius 1 is 1.05 bits per heavy atom. The molecule has 0 saturated carbocycles. The standard InChI is InChI=1S/C16H25ClO2/c1-5-18-15-8-6-7-9-16(15)19-11-10-14(12(2)3)13(4)17/h6-9,12-14H,5,10-11H2,1-4H3. The van der Waals surface area contributed by atoms with Crippen molar-refractivity contribution in [3.05, 3.63) is 24.3 Å². The Morgan fingerprint density at radius 3 is 2.11 bits per heavy atom. The molecule has 0 amide bonds. The Bertz CT molecular complexity index is 356. The molecule has 0 aliphatic carbocycles. The molecule has 0 aliphatic heterocycles. The molecule has 0 heterocycles. The fourth-order valence-corrected chi connectivity index (χ4v) is 2.66. The van der Waals surface area contributed by atoms with Crippen molar-refractivity contribution < 1.29 is 9.47 Å². The third-order valence-corrected chi connectivity index (χ3v) is 3.63. The monoisotopic (exact) mass is 284 g/mol. The van der Waals surface area contributed by atoms with E-state index in [0.29, 0.717) is 25.0 Å². The van der Waals surface area contributed by atoms with E-state index in [4.69, 9.17) is 21.1 Å². The summed E-state index contributed by atoms with van der Waals surface area (Å²) in [5.74, 6) is 2.67. The molecule has 1 aromatic rings. The van der Waals surface area contributed by atoms with Crippen molar-refractivity contribution in [1.29, 1.82) is 0 Å². The highest BCUT2D eigenvalue weighted by Gasteiger charge is 2.19. The number of rotatable bonds is 8. The fourth-order valence-electron chi connectivity index (χ4n) is 2.24. The Balaban J connectivity index is 2.52. The van der Waals surface area contributed by atoms with Crippen molar-refractivity contribution >= 4 is 11.6 Å². The van der Waals surface area contributed by atoms with Crippen LogP contribution in [0.25, 0.3) is 0 Å². The number of hydrogen-bond acceptors (Lipinski definition) is 2. The highest BCUT2D eigenvalue weighted by molar-refractivity contribution is 6.20. The van der Waals surface area contributed by atoms with Gasteiger partial charge in [-0.15, -0.1) is 11.6 Å². The molecule has 0 saturated heterocycles. The third kappa shape index (κ3) is 5.32. The van der Waals surface area contributed by atoms with Gasteiger partial charge in [0.25, 0.3) is 0 Å². The second-order valence-electron chi connectivity index (χ2n) is 5.10. The molecule has 0 fully saturated rings. The number of para-hydroxylation sites is 2. The van der Waals surface area contributed by atoms with Crippen LogP contribution in [0.5, 0.6) is 11.5 Å². The minimum Gasteiger partial charge on any atom is -0.490 e. The lowest BCUT2D eigenvalue weighted by Gasteiger charge is -2.23. The van der Waals surface area contributed by atoms with Gasteiger partial charge in [-0.05, 0) is 44.2 Å². The second kappa shape index (κ2) is 8.31. The molecule has 1 aromatic carbocycles. The van der Waals surface area contributed by atoms with Gasteiger partial charge in [0.2, 0.25) is 0 Å². The van der Waals surface area contributed by atoms with Crippen LogP contribution in [0.1, 0.15) is 34.1 Å². The SMILES string of the molecule is CCOc1ccccc1OCCC(C(C)C)C(C)Cl. The van der Waals surface area contributed by atoms with E-state index in [2.05, 4.69) is 20.8 Å².